The maximum absolute atomic E-state index is 6.08. The number of nitrogens with zero attached hydrogens (tertiary/aromatic N) is 5. The molecule has 0 saturated carbocycles. The molecule has 1 aromatic carbocycles. The molecule has 2 heterocycles. The van der Waals surface area contributed by atoms with E-state index in [0.29, 0.717) is 11.8 Å². The van der Waals surface area contributed by atoms with Crippen LogP contribution in [0, 0.1) is 6.92 Å². The van der Waals surface area contributed by atoms with Crippen LogP contribution in [0.5, 0.6) is 0 Å². The van der Waals surface area contributed by atoms with Gasteiger partial charge in [-0.25, -0.2) is 4.98 Å². The Morgan fingerprint density at radius 1 is 0.960 bits per heavy atom. The number of anilines is 1. The highest BCUT2D eigenvalue weighted by molar-refractivity contribution is 6.66. The molecule has 0 radical (unpaired) electrons. The summed E-state index contributed by atoms with van der Waals surface area (Å²) in [5.41, 5.74) is 1.97. The summed E-state index contributed by atoms with van der Waals surface area (Å²) in [5, 5.41) is 0. The first-order chi connectivity index (χ1) is 11.8. The smallest absolute Gasteiger partial charge is 0.250 e. The first kappa shape index (κ1) is 18.6. The molecule has 0 N–H and O–H groups in total. The van der Waals surface area contributed by atoms with Gasteiger partial charge in [0.05, 0.1) is 0 Å². The van der Waals surface area contributed by atoms with E-state index in [1.54, 1.807) is 0 Å². The highest BCUT2D eigenvalue weighted by atomic mass is 35.6. The number of aryl methyl sites for hydroxylation is 1. The maximum atomic E-state index is 6.08. The van der Waals surface area contributed by atoms with Gasteiger partial charge in [0.1, 0.15) is 0 Å². The van der Waals surface area contributed by atoms with Crippen LogP contribution in [0.3, 0.4) is 0 Å². The third-order valence-corrected chi connectivity index (χ3v) is 4.77. The molecule has 134 valence electrons. The lowest BCUT2D eigenvalue weighted by Crippen LogP contribution is -2.31. The molecule has 1 fully saturated rings. The van der Waals surface area contributed by atoms with Crippen LogP contribution >= 0.6 is 34.8 Å². The van der Waals surface area contributed by atoms with E-state index in [1.165, 1.54) is 0 Å². The van der Waals surface area contributed by atoms with E-state index in [0.717, 1.165) is 43.7 Å². The first-order valence-electron chi connectivity index (χ1n) is 8.17. The average Bonchev–Trinajstić information content (AvgIpc) is 2.79. The number of alkyl halides is 3. The van der Waals surface area contributed by atoms with Gasteiger partial charge in [-0.2, -0.15) is 9.97 Å². The van der Waals surface area contributed by atoms with Gasteiger partial charge in [0.25, 0.3) is 0 Å². The van der Waals surface area contributed by atoms with Gasteiger partial charge in [0.2, 0.25) is 9.74 Å². The molecule has 0 spiro atoms. The first-order valence-corrected chi connectivity index (χ1v) is 9.31. The van der Waals surface area contributed by atoms with Crippen molar-refractivity contribution < 1.29 is 0 Å². The Bertz CT molecular complexity index is 747. The van der Waals surface area contributed by atoms with Gasteiger partial charge in [-0.15, -0.1) is 0 Å². The molecule has 0 unspecified atom stereocenters. The summed E-state index contributed by atoms with van der Waals surface area (Å²) in [4.78, 5) is 18.0. The van der Waals surface area contributed by atoms with Crippen LogP contribution in [-0.2, 0) is 3.79 Å². The van der Waals surface area contributed by atoms with Crippen molar-refractivity contribution in [3.63, 3.8) is 0 Å². The third kappa shape index (κ3) is 4.53. The van der Waals surface area contributed by atoms with Crippen molar-refractivity contribution in [3.05, 3.63) is 35.7 Å². The van der Waals surface area contributed by atoms with Gasteiger partial charge in [0.15, 0.2) is 11.6 Å². The molecule has 0 atom stereocenters. The van der Waals surface area contributed by atoms with E-state index in [9.17, 15) is 0 Å². The van der Waals surface area contributed by atoms with E-state index in [-0.39, 0.29) is 5.82 Å². The Hall–Kier alpha value is -1.14. The predicted molar refractivity (Wildman–Crippen MR) is 104 cm³/mol. The van der Waals surface area contributed by atoms with Gasteiger partial charge in [-0.05, 0) is 32.5 Å². The van der Waals surface area contributed by atoms with Crippen LogP contribution in [0.25, 0.3) is 11.4 Å². The number of rotatable bonds is 2. The Labute approximate surface area is 162 Å². The number of hydrogen-bond acceptors (Lipinski definition) is 5. The summed E-state index contributed by atoms with van der Waals surface area (Å²) >= 11 is 18.2. The monoisotopic (exact) mass is 399 g/mol. The molecular weight excluding hydrogens is 381 g/mol. The lowest BCUT2D eigenvalue weighted by molar-refractivity contribution is 0.360. The summed E-state index contributed by atoms with van der Waals surface area (Å²) in [7, 11) is 2.11. The largest absolute Gasteiger partial charge is 0.339 e. The van der Waals surface area contributed by atoms with Crippen LogP contribution < -0.4 is 4.90 Å². The summed E-state index contributed by atoms with van der Waals surface area (Å²) in [6.45, 7) is 5.68. The summed E-state index contributed by atoms with van der Waals surface area (Å²) in [5.74, 6) is 1.24. The molecule has 1 aliphatic heterocycles. The fraction of sp³-hybridized carbons (Fsp3) is 0.471. The Morgan fingerprint density at radius 3 is 2.44 bits per heavy atom. The number of halogens is 3. The SMILES string of the molecule is Cc1ccccc1-c1nc(N2CCCN(C)CC2)nc(C(Cl)(Cl)Cl)n1. The predicted octanol–water partition coefficient (Wildman–Crippen LogP) is 3.82. The topological polar surface area (TPSA) is 45.2 Å². The molecule has 1 aromatic heterocycles. The third-order valence-electron chi connectivity index (χ3n) is 4.27. The number of aromatic nitrogens is 3. The van der Waals surface area contributed by atoms with Crippen molar-refractivity contribution >= 4 is 40.8 Å². The van der Waals surface area contributed by atoms with Crippen LogP contribution in [0.1, 0.15) is 17.8 Å². The van der Waals surface area contributed by atoms with Crippen molar-refractivity contribution in [2.24, 2.45) is 0 Å². The van der Waals surface area contributed by atoms with E-state index in [4.69, 9.17) is 34.8 Å². The molecule has 1 saturated heterocycles. The summed E-state index contributed by atoms with van der Waals surface area (Å²) in [6.07, 6.45) is 1.03. The molecule has 25 heavy (non-hydrogen) atoms. The minimum Gasteiger partial charge on any atom is -0.339 e. The molecule has 0 amide bonds. The van der Waals surface area contributed by atoms with Gasteiger partial charge >= 0.3 is 0 Å². The normalized spacial score (nSPS) is 16.8. The van der Waals surface area contributed by atoms with Crippen LogP contribution in [0.4, 0.5) is 5.95 Å². The van der Waals surface area contributed by atoms with Crippen LogP contribution in [0.15, 0.2) is 24.3 Å². The average molecular weight is 401 g/mol. The summed E-state index contributed by atoms with van der Waals surface area (Å²) < 4.78 is -1.70. The Balaban J connectivity index is 2.06. The second-order valence-electron chi connectivity index (χ2n) is 6.24. The highest BCUT2D eigenvalue weighted by Gasteiger charge is 2.30. The lowest BCUT2D eigenvalue weighted by Gasteiger charge is -2.22. The van der Waals surface area contributed by atoms with Crippen molar-refractivity contribution in [2.45, 2.75) is 17.1 Å². The molecule has 5 nitrogen and oxygen atoms in total. The number of likely N-dealkylation sites (N-methyl/N-ethyl adjacent to an activating group) is 1. The molecule has 8 heteroatoms. The molecule has 1 aliphatic rings. The van der Waals surface area contributed by atoms with Crippen molar-refractivity contribution in [1.82, 2.24) is 19.9 Å². The summed E-state index contributed by atoms with van der Waals surface area (Å²) in [6, 6.07) is 7.89. The quantitative estimate of drug-likeness (QED) is 0.717. The van der Waals surface area contributed by atoms with E-state index >= 15 is 0 Å². The lowest BCUT2D eigenvalue weighted by atomic mass is 10.1. The second-order valence-corrected chi connectivity index (χ2v) is 8.52. The zero-order chi connectivity index (χ0) is 18.0. The van der Waals surface area contributed by atoms with Crippen molar-refractivity contribution in [2.75, 3.05) is 38.1 Å². The Morgan fingerprint density at radius 2 is 1.72 bits per heavy atom. The zero-order valence-corrected chi connectivity index (χ0v) is 16.5. The highest BCUT2D eigenvalue weighted by Crippen LogP contribution is 2.37. The molecule has 2 aromatic rings. The van der Waals surface area contributed by atoms with Gasteiger partial charge in [0, 0.05) is 25.2 Å². The van der Waals surface area contributed by atoms with Gasteiger partial charge < -0.3 is 9.80 Å². The fourth-order valence-corrected chi connectivity index (χ4v) is 3.08. The van der Waals surface area contributed by atoms with Gasteiger partial charge in [-0.1, -0.05) is 59.1 Å². The van der Waals surface area contributed by atoms with E-state index < -0.39 is 3.79 Å². The molecular formula is C17H20Cl3N5. The standard InChI is InChI=1S/C17H20Cl3N5/c1-12-6-3-4-7-13(12)14-21-15(17(18,19)20)23-16(22-14)25-9-5-8-24(2)10-11-25/h3-4,6-7H,5,8-11H2,1-2H3. The van der Waals surface area contributed by atoms with Crippen molar-refractivity contribution in [3.8, 4) is 11.4 Å². The van der Waals surface area contributed by atoms with Gasteiger partial charge in [-0.3, -0.25) is 0 Å². The van der Waals surface area contributed by atoms with Crippen molar-refractivity contribution in [1.29, 1.82) is 0 Å². The maximum Gasteiger partial charge on any atom is 0.250 e. The molecule has 0 bridgehead atoms. The number of hydrogen-bond donors (Lipinski definition) is 0. The second kappa shape index (κ2) is 7.62. The fourth-order valence-electron chi connectivity index (χ4n) is 2.82. The molecule has 3 rings (SSSR count). The van der Waals surface area contributed by atoms with E-state index in [2.05, 4.69) is 31.8 Å². The zero-order valence-electron chi connectivity index (χ0n) is 14.2. The van der Waals surface area contributed by atoms with Crippen LogP contribution in [0.2, 0.25) is 0 Å². The van der Waals surface area contributed by atoms with E-state index in [1.807, 2.05) is 31.2 Å². The number of benzene rings is 1. The Kier molecular flexibility index (Phi) is 5.68. The molecule has 0 aliphatic carbocycles. The van der Waals surface area contributed by atoms with Crippen LogP contribution in [-0.4, -0.2) is 53.1 Å². The minimum atomic E-state index is -1.70. The minimum absolute atomic E-state index is 0.151.